The molecule has 0 aliphatic rings. The van der Waals surface area contributed by atoms with Gasteiger partial charge in [-0.1, -0.05) is 18.2 Å². The smallest absolute Gasteiger partial charge is 0.243 e. The number of carbonyl (C=O) groups excluding carboxylic acids is 1. The molecule has 0 bridgehead atoms. The second-order valence-electron chi connectivity index (χ2n) is 3.09. The summed E-state index contributed by atoms with van der Waals surface area (Å²) in [6.45, 7) is 0.183. The number of para-hydroxylation sites is 1. The van der Waals surface area contributed by atoms with Gasteiger partial charge in [-0.05, 0) is 12.1 Å². The van der Waals surface area contributed by atoms with Crippen molar-refractivity contribution in [3.8, 4) is 0 Å². The molecule has 1 rings (SSSR count). The zero-order chi connectivity index (χ0) is 11.8. The van der Waals surface area contributed by atoms with Crippen LogP contribution in [0.2, 0.25) is 0 Å². The summed E-state index contributed by atoms with van der Waals surface area (Å²) in [6.07, 6.45) is 0. The Morgan fingerprint density at radius 3 is 2.47 bits per heavy atom. The van der Waals surface area contributed by atoms with Crippen LogP contribution in [0.15, 0.2) is 35.3 Å². The summed E-state index contributed by atoms with van der Waals surface area (Å²) in [6, 6.07) is 9.32. The molecule has 0 saturated carbocycles. The van der Waals surface area contributed by atoms with E-state index in [4.69, 9.17) is 0 Å². The predicted octanol–water partition coefficient (Wildman–Crippen LogP) is 1.04. The van der Waals surface area contributed by atoms with Gasteiger partial charge in [0.25, 0.3) is 0 Å². The average Bonchev–Trinajstić information content (AvgIpc) is 2.31. The van der Waals surface area contributed by atoms with Crippen molar-refractivity contribution in [2.24, 2.45) is 4.99 Å². The van der Waals surface area contributed by atoms with Gasteiger partial charge in [0.15, 0.2) is 5.96 Å². The number of anilines is 1. The molecule has 17 heavy (non-hydrogen) atoms. The van der Waals surface area contributed by atoms with E-state index in [-0.39, 0.29) is 36.4 Å². The Bertz CT molecular complexity index is 367. The Morgan fingerprint density at radius 1 is 1.29 bits per heavy atom. The molecule has 0 aliphatic heterocycles. The van der Waals surface area contributed by atoms with Crippen molar-refractivity contribution in [3.63, 3.8) is 0 Å². The normalized spacial score (nSPS) is 10.1. The van der Waals surface area contributed by atoms with Gasteiger partial charge in [-0.2, -0.15) is 0 Å². The lowest BCUT2D eigenvalue weighted by atomic mass is 10.3. The van der Waals surface area contributed by atoms with Crippen LogP contribution in [-0.4, -0.2) is 32.5 Å². The first-order chi connectivity index (χ1) is 7.76. The maximum Gasteiger partial charge on any atom is 0.243 e. The second kappa shape index (κ2) is 8.80. The summed E-state index contributed by atoms with van der Waals surface area (Å²) < 4.78 is 0. The number of nitrogens with one attached hydrogen (secondary N) is 3. The Kier molecular flexibility index (Phi) is 8.12. The summed E-state index contributed by atoms with van der Waals surface area (Å²) in [5, 5.41) is 8.46. The van der Waals surface area contributed by atoms with Crippen LogP contribution in [0, 0.1) is 0 Å². The molecule has 1 aromatic rings. The van der Waals surface area contributed by atoms with Crippen LogP contribution in [0.5, 0.6) is 0 Å². The minimum absolute atomic E-state index is 0. The van der Waals surface area contributed by atoms with Crippen molar-refractivity contribution >= 4 is 41.5 Å². The molecule has 0 spiro atoms. The highest BCUT2D eigenvalue weighted by Crippen LogP contribution is 2.03. The van der Waals surface area contributed by atoms with Gasteiger partial charge in [0.1, 0.15) is 0 Å². The average molecular weight is 348 g/mol. The Labute approximate surface area is 118 Å². The number of amides is 1. The molecule has 0 atom stereocenters. The lowest BCUT2D eigenvalue weighted by Gasteiger charge is -2.08. The van der Waals surface area contributed by atoms with Gasteiger partial charge in [0, 0.05) is 19.8 Å². The highest BCUT2D eigenvalue weighted by atomic mass is 127. The summed E-state index contributed by atoms with van der Waals surface area (Å²) in [5.74, 6) is 0.478. The minimum Gasteiger partial charge on any atom is -0.359 e. The summed E-state index contributed by atoms with van der Waals surface area (Å²) in [7, 11) is 3.39. The van der Waals surface area contributed by atoms with Crippen LogP contribution < -0.4 is 16.0 Å². The number of hydrogen-bond donors (Lipinski definition) is 3. The molecular formula is C11H17IN4O. The first-order valence-electron chi connectivity index (χ1n) is 4.99. The van der Waals surface area contributed by atoms with Crippen molar-refractivity contribution in [2.75, 3.05) is 26.0 Å². The number of rotatable bonds is 3. The van der Waals surface area contributed by atoms with E-state index in [2.05, 4.69) is 20.9 Å². The van der Waals surface area contributed by atoms with E-state index >= 15 is 0 Å². The molecule has 0 radical (unpaired) electrons. The maximum absolute atomic E-state index is 11.5. The van der Waals surface area contributed by atoms with Gasteiger partial charge in [-0.15, -0.1) is 24.0 Å². The molecule has 6 heteroatoms. The molecule has 0 aliphatic carbocycles. The summed E-state index contributed by atoms with van der Waals surface area (Å²) in [4.78, 5) is 15.4. The number of carbonyl (C=O) groups is 1. The fraction of sp³-hybridized carbons (Fsp3) is 0.273. The van der Waals surface area contributed by atoms with Crippen molar-refractivity contribution in [1.29, 1.82) is 0 Å². The molecule has 0 saturated heterocycles. The number of nitrogens with zero attached hydrogens (tertiary/aromatic N) is 1. The molecule has 5 nitrogen and oxygen atoms in total. The first kappa shape index (κ1) is 15.7. The summed E-state index contributed by atoms with van der Waals surface area (Å²) >= 11 is 0. The van der Waals surface area contributed by atoms with Crippen molar-refractivity contribution in [1.82, 2.24) is 10.6 Å². The van der Waals surface area contributed by atoms with Crippen molar-refractivity contribution in [3.05, 3.63) is 30.3 Å². The highest BCUT2D eigenvalue weighted by molar-refractivity contribution is 14.0. The van der Waals surface area contributed by atoms with Crippen LogP contribution in [0.3, 0.4) is 0 Å². The standard InChI is InChI=1S/C11H16N4O.HI/c1-12-11(13-2)14-8-10(16)15-9-6-4-3-5-7-9;/h3-7H,8H2,1-2H3,(H,15,16)(H2,12,13,14);1H. The Morgan fingerprint density at radius 2 is 1.94 bits per heavy atom. The molecular weight excluding hydrogens is 331 g/mol. The fourth-order valence-corrected chi connectivity index (χ4v) is 1.17. The number of benzene rings is 1. The van der Waals surface area contributed by atoms with E-state index in [9.17, 15) is 4.79 Å². The van der Waals surface area contributed by atoms with Crippen LogP contribution in [0.1, 0.15) is 0 Å². The van der Waals surface area contributed by atoms with Gasteiger partial charge in [-0.25, -0.2) is 0 Å². The van der Waals surface area contributed by atoms with Gasteiger partial charge >= 0.3 is 0 Å². The van der Waals surface area contributed by atoms with E-state index in [1.165, 1.54) is 0 Å². The lowest BCUT2D eigenvalue weighted by Crippen LogP contribution is -2.39. The molecule has 3 N–H and O–H groups in total. The highest BCUT2D eigenvalue weighted by Gasteiger charge is 2.02. The van der Waals surface area contributed by atoms with E-state index in [0.717, 1.165) is 5.69 Å². The van der Waals surface area contributed by atoms with Gasteiger partial charge in [0.05, 0.1) is 6.54 Å². The lowest BCUT2D eigenvalue weighted by molar-refractivity contribution is -0.115. The van der Waals surface area contributed by atoms with E-state index in [1.54, 1.807) is 14.1 Å². The van der Waals surface area contributed by atoms with Crippen LogP contribution >= 0.6 is 24.0 Å². The van der Waals surface area contributed by atoms with E-state index in [1.807, 2.05) is 30.3 Å². The zero-order valence-corrected chi connectivity index (χ0v) is 12.2. The molecule has 1 aromatic carbocycles. The molecule has 0 aromatic heterocycles. The molecule has 1 amide bonds. The van der Waals surface area contributed by atoms with Crippen LogP contribution in [-0.2, 0) is 4.79 Å². The zero-order valence-electron chi connectivity index (χ0n) is 9.86. The van der Waals surface area contributed by atoms with Crippen molar-refractivity contribution in [2.45, 2.75) is 0 Å². The summed E-state index contributed by atoms with van der Waals surface area (Å²) in [5.41, 5.74) is 0.786. The number of aliphatic imine (C=N–C) groups is 1. The monoisotopic (exact) mass is 348 g/mol. The SMILES string of the molecule is CN=C(NC)NCC(=O)Nc1ccccc1.I. The quantitative estimate of drug-likeness (QED) is 0.435. The third-order valence-electron chi connectivity index (χ3n) is 1.93. The van der Waals surface area contributed by atoms with Gasteiger partial charge in [0.2, 0.25) is 5.91 Å². The third-order valence-corrected chi connectivity index (χ3v) is 1.93. The van der Waals surface area contributed by atoms with Gasteiger partial charge < -0.3 is 16.0 Å². The van der Waals surface area contributed by atoms with Crippen molar-refractivity contribution < 1.29 is 4.79 Å². The van der Waals surface area contributed by atoms with E-state index < -0.39 is 0 Å². The number of guanidine groups is 1. The fourth-order valence-electron chi connectivity index (χ4n) is 1.17. The van der Waals surface area contributed by atoms with Gasteiger partial charge in [-0.3, -0.25) is 9.79 Å². The molecule has 0 heterocycles. The van der Waals surface area contributed by atoms with E-state index in [0.29, 0.717) is 5.96 Å². The van der Waals surface area contributed by atoms with Crippen LogP contribution in [0.4, 0.5) is 5.69 Å². The first-order valence-corrected chi connectivity index (χ1v) is 4.99. The minimum atomic E-state index is -0.109. The second-order valence-corrected chi connectivity index (χ2v) is 3.09. The molecule has 0 unspecified atom stereocenters. The predicted molar refractivity (Wildman–Crippen MR) is 80.9 cm³/mol. The Hall–Kier alpha value is -1.31. The van der Waals surface area contributed by atoms with Crippen LogP contribution in [0.25, 0.3) is 0 Å². The third kappa shape index (κ3) is 6.10. The Balaban J connectivity index is 0.00000256. The molecule has 0 fully saturated rings. The topological polar surface area (TPSA) is 65.5 Å². The molecule has 94 valence electrons. The largest absolute Gasteiger partial charge is 0.359 e. The maximum atomic E-state index is 11.5. The number of hydrogen-bond acceptors (Lipinski definition) is 2. The number of halogens is 1.